The van der Waals surface area contributed by atoms with E-state index in [2.05, 4.69) is 58.0 Å². The first-order valence-corrected chi connectivity index (χ1v) is 28.0. The number of alkyl carbamates (subject to hydrolysis) is 1. The van der Waals surface area contributed by atoms with Gasteiger partial charge in [0.1, 0.15) is 18.7 Å². The molecule has 0 spiro atoms. The molecule has 0 saturated heterocycles. The minimum atomic E-state index is -1.06. The Morgan fingerprint density at radius 2 is 1.32 bits per heavy atom. The number of urea groups is 1. The Kier molecular flexibility index (Phi) is 30.4. The molecule has 0 aliphatic heterocycles. The Morgan fingerprint density at radius 1 is 0.675 bits per heavy atom. The maximum absolute atomic E-state index is 14.1. The molecule has 1 aromatic rings. The molecule has 0 aliphatic carbocycles. The van der Waals surface area contributed by atoms with Crippen LogP contribution in [0.15, 0.2) is 24.3 Å². The summed E-state index contributed by atoms with van der Waals surface area (Å²) in [6.07, 6.45) is 6.48. The number of anilines is 1. The van der Waals surface area contributed by atoms with Crippen molar-refractivity contribution in [3.63, 3.8) is 0 Å². The molecule has 0 radical (unpaired) electrons. The van der Waals surface area contributed by atoms with Gasteiger partial charge in [-0.25, -0.2) is 9.59 Å². The van der Waals surface area contributed by atoms with Crippen molar-refractivity contribution in [2.24, 2.45) is 33.3 Å². The Labute approximate surface area is 462 Å². The molecule has 8 amide bonds. The maximum atomic E-state index is 14.1. The smallest absolute Gasteiger partial charge is 0.407 e. The highest BCUT2D eigenvalue weighted by atomic mass is 16.5. The van der Waals surface area contributed by atoms with Gasteiger partial charge in [0.2, 0.25) is 29.5 Å². The molecule has 4 atom stereocenters. The van der Waals surface area contributed by atoms with Gasteiger partial charge in [-0.3, -0.25) is 24.0 Å². The third kappa shape index (κ3) is 28.4. The van der Waals surface area contributed by atoms with Crippen LogP contribution >= 0.6 is 0 Å². The van der Waals surface area contributed by atoms with Gasteiger partial charge in [0, 0.05) is 72.7 Å². The predicted molar refractivity (Wildman–Crippen MR) is 304 cm³/mol. The Bertz CT molecular complexity index is 1990. The molecule has 0 fully saturated rings. The normalized spacial score (nSPS) is 14.5. The fourth-order valence-corrected chi connectivity index (χ4v) is 8.18. The second-order valence-corrected chi connectivity index (χ2v) is 24.7. The Hall–Kier alpha value is -5.01. The molecule has 1 aromatic carbocycles. The number of primary amides is 1. The molecule has 0 saturated carbocycles. The van der Waals surface area contributed by atoms with Crippen LogP contribution in [0.1, 0.15) is 186 Å². The summed E-state index contributed by atoms with van der Waals surface area (Å²) in [6, 6.07) is 3.94. The molecular formula is C58H104N8O11. The summed E-state index contributed by atoms with van der Waals surface area (Å²) in [4.78, 5) is 92.0. The highest BCUT2D eigenvalue weighted by Crippen LogP contribution is 2.35. The zero-order valence-electron chi connectivity index (χ0n) is 50.3. The highest BCUT2D eigenvalue weighted by molar-refractivity contribution is 5.98. The number of benzene rings is 1. The van der Waals surface area contributed by atoms with E-state index >= 15 is 0 Å². The van der Waals surface area contributed by atoms with Gasteiger partial charge in [0.15, 0.2) is 0 Å². The van der Waals surface area contributed by atoms with E-state index in [4.69, 9.17) is 24.7 Å². The molecule has 1 rings (SSSR count). The number of nitrogens with one attached hydrogen (secondary N) is 7. The number of hydrogen-bond acceptors (Lipinski definition) is 11. The van der Waals surface area contributed by atoms with Crippen molar-refractivity contribution in [1.29, 1.82) is 0 Å². The number of ether oxygens (including phenoxy) is 4. The quantitative estimate of drug-likeness (QED) is 0.0290. The molecule has 0 aliphatic rings. The minimum absolute atomic E-state index is 0.0247. The van der Waals surface area contributed by atoms with Gasteiger partial charge in [-0.15, -0.1) is 0 Å². The summed E-state index contributed by atoms with van der Waals surface area (Å²) in [5, 5.41) is 20.2. The van der Waals surface area contributed by atoms with Crippen LogP contribution < -0.4 is 43.0 Å². The van der Waals surface area contributed by atoms with E-state index in [-0.39, 0.29) is 54.0 Å². The average molecular weight is 1090 g/mol. The molecule has 2 unspecified atom stereocenters. The summed E-state index contributed by atoms with van der Waals surface area (Å²) >= 11 is 0. The van der Waals surface area contributed by atoms with Crippen molar-refractivity contribution < 1.29 is 52.5 Å². The third-order valence-electron chi connectivity index (χ3n) is 14.3. The van der Waals surface area contributed by atoms with E-state index in [1.165, 1.54) is 0 Å². The van der Waals surface area contributed by atoms with Crippen LogP contribution in [0.5, 0.6) is 0 Å². The third-order valence-corrected chi connectivity index (χ3v) is 14.3. The first-order chi connectivity index (χ1) is 35.8. The zero-order valence-corrected chi connectivity index (χ0v) is 50.3. The van der Waals surface area contributed by atoms with E-state index < -0.39 is 58.0 Å². The van der Waals surface area contributed by atoms with Gasteiger partial charge >= 0.3 is 12.1 Å². The number of amides is 8. The van der Waals surface area contributed by atoms with Crippen LogP contribution in [-0.4, -0.2) is 118 Å². The minimum Gasteiger partial charge on any atom is -0.445 e. The van der Waals surface area contributed by atoms with E-state index in [9.17, 15) is 33.6 Å². The molecule has 77 heavy (non-hydrogen) atoms. The van der Waals surface area contributed by atoms with E-state index in [1.807, 2.05) is 69.2 Å². The van der Waals surface area contributed by atoms with Gasteiger partial charge in [-0.1, -0.05) is 108 Å². The molecule has 19 heteroatoms. The SMILES string of the molecule is CCCCCC(=O)NC(C)(C)CCOC(C)(CC)CCNC(=O)OCc1ccc(NC(=O)[C@H](CCCNC(N)=O)NC(=O)[C@@H](NC(=O)C(C)(CC)CCC(C)(C)C(=O)NCC(C)(C)COCC(C)(C)COC)C(C)C)cc1. The Balaban J connectivity index is 2.91. The summed E-state index contributed by atoms with van der Waals surface area (Å²) in [7, 11) is 1.67. The van der Waals surface area contributed by atoms with Crippen LogP contribution in [0, 0.1) is 27.6 Å². The predicted octanol–water partition coefficient (Wildman–Crippen LogP) is 8.42. The lowest BCUT2D eigenvalue weighted by Gasteiger charge is -2.34. The van der Waals surface area contributed by atoms with Crippen molar-refractivity contribution >= 4 is 47.3 Å². The molecule has 19 nitrogen and oxygen atoms in total. The lowest BCUT2D eigenvalue weighted by atomic mass is 9.75. The molecule has 0 heterocycles. The fourth-order valence-electron chi connectivity index (χ4n) is 8.18. The Morgan fingerprint density at radius 3 is 1.91 bits per heavy atom. The van der Waals surface area contributed by atoms with Gasteiger partial charge in [-0.2, -0.15) is 0 Å². The van der Waals surface area contributed by atoms with Crippen LogP contribution in [0.25, 0.3) is 0 Å². The standard InChI is InChI=1S/C58H104N8O11/c1-17-20-21-24-45(67)66-56(12,13)32-35-77-58(15,19-3)31-34-61-52(73)76-36-42-25-27-43(28-26-42)63-47(68)44(23-22-33-60-51(59)72)64-48(69)46(41(4)5)65-50(71)57(14,18-2)30-29-55(10,11)49(70)62-37-53(6,7)39-75-40-54(8,9)38-74-16/h25-28,41,44,46H,17-24,29-40H2,1-16H3,(H,61,73)(H,62,70)(H,63,68)(H,64,69)(H,65,71)(H,66,67)(H3,59,60,72)/t44-,46-,57?,58?/m0/s1. The number of hydrogen-bond donors (Lipinski definition) is 8. The summed E-state index contributed by atoms with van der Waals surface area (Å²) in [5.74, 6) is -1.86. The van der Waals surface area contributed by atoms with E-state index in [1.54, 1.807) is 45.2 Å². The van der Waals surface area contributed by atoms with E-state index in [0.29, 0.717) is 95.7 Å². The van der Waals surface area contributed by atoms with Crippen LogP contribution in [0.4, 0.5) is 15.3 Å². The topological polar surface area (TPSA) is 267 Å². The average Bonchev–Trinajstić information content (AvgIpc) is 3.34. The second-order valence-electron chi connectivity index (χ2n) is 24.7. The van der Waals surface area contributed by atoms with Crippen LogP contribution in [-0.2, 0) is 49.5 Å². The number of rotatable bonds is 39. The second kappa shape index (κ2) is 33.4. The first kappa shape index (κ1) is 70.0. The molecule has 0 bridgehead atoms. The molecule has 9 N–H and O–H groups in total. The molecule has 442 valence electrons. The van der Waals surface area contributed by atoms with Gasteiger partial charge < -0.3 is 61.9 Å². The van der Waals surface area contributed by atoms with Crippen molar-refractivity contribution in [3.8, 4) is 0 Å². The highest BCUT2D eigenvalue weighted by Gasteiger charge is 2.39. The van der Waals surface area contributed by atoms with Crippen molar-refractivity contribution in [2.45, 2.75) is 211 Å². The van der Waals surface area contributed by atoms with Crippen LogP contribution in [0.3, 0.4) is 0 Å². The zero-order chi connectivity index (χ0) is 58.7. The molecular weight excluding hydrogens is 985 g/mol. The largest absolute Gasteiger partial charge is 0.445 e. The lowest BCUT2D eigenvalue weighted by molar-refractivity contribution is -0.138. The fraction of sp³-hybridized carbons (Fsp3) is 0.776. The van der Waals surface area contributed by atoms with E-state index in [0.717, 1.165) is 25.7 Å². The number of methoxy groups -OCH3 is 1. The summed E-state index contributed by atoms with van der Waals surface area (Å²) in [5.41, 5.74) is 3.28. The molecule has 0 aromatic heterocycles. The number of carbonyl (C=O) groups is 7. The maximum Gasteiger partial charge on any atom is 0.407 e. The van der Waals surface area contributed by atoms with Crippen molar-refractivity contribution in [2.75, 3.05) is 58.5 Å². The van der Waals surface area contributed by atoms with Crippen LogP contribution in [0.2, 0.25) is 0 Å². The first-order valence-electron chi connectivity index (χ1n) is 28.0. The monoisotopic (exact) mass is 1090 g/mol. The van der Waals surface area contributed by atoms with Gasteiger partial charge in [0.25, 0.3) is 0 Å². The number of carbonyl (C=O) groups excluding carboxylic acids is 7. The van der Waals surface area contributed by atoms with Gasteiger partial charge in [-0.05, 0) is 102 Å². The number of unbranched alkanes of at least 4 members (excludes halogenated alkanes) is 2. The van der Waals surface area contributed by atoms with Crippen molar-refractivity contribution in [1.82, 2.24) is 31.9 Å². The summed E-state index contributed by atoms with van der Waals surface area (Å²) < 4.78 is 23.0. The lowest BCUT2D eigenvalue weighted by Crippen LogP contribution is -2.56. The van der Waals surface area contributed by atoms with Crippen molar-refractivity contribution in [3.05, 3.63) is 29.8 Å². The summed E-state index contributed by atoms with van der Waals surface area (Å²) in [6.45, 7) is 32.3. The number of nitrogens with two attached hydrogens (primary N) is 1. The van der Waals surface area contributed by atoms with Gasteiger partial charge in [0.05, 0.1) is 25.4 Å².